The van der Waals surface area contributed by atoms with E-state index in [1.165, 1.54) is 0 Å². The van der Waals surface area contributed by atoms with Crippen molar-refractivity contribution < 1.29 is 13.2 Å². The second-order valence-electron chi connectivity index (χ2n) is 5.18. The lowest BCUT2D eigenvalue weighted by Gasteiger charge is -2.22. The predicted molar refractivity (Wildman–Crippen MR) is 77.3 cm³/mol. The summed E-state index contributed by atoms with van der Waals surface area (Å²) in [6.07, 6.45) is 0.592. The first kappa shape index (κ1) is 14.9. The SMILES string of the molecule is Cc1cccc(NC(=O)CN(C)[C@H]2CCS(=O)(=O)C2)n1. The molecule has 1 amide bonds. The van der Waals surface area contributed by atoms with Crippen molar-refractivity contribution in [3.63, 3.8) is 0 Å². The molecule has 0 saturated carbocycles. The van der Waals surface area contributed by atoms with E-state index in [-0.39, 0.29) is 30.0 Å². The first-order valence-corrected chi connectivity index (χ1v) is 8.32. The molecule has 1 fully saturated rings. The van der Waals surface area contributed by atoms with Crippen molar-refractivity contribution in [2.75, 3.05) is 30.4 Å². The molecule has 1 atom stereocenters. The van der Waals surface area contributed by atoms with Gasteiger partial charge in [-0.2, -0.15) is 0 Å². The highest BCUT2D eigenvalue weighted by molar-refractivity contribution is 7.91. The summed E-state index contributed by atoms with van der Waals surface area (Å²) < 4.78 is 22.8. The second kappa shape index (κ2) is 5.88. The smallest absolute Gasteiger partial charge is 0.239 e. The number of likely N-dealkylation sites (N-methyl/N-ethyl adjacent to an activating group) is 1. The molecule has 0 aromatic carbocycles. The maximum atomic E-state index is 11.9. The van der Waals surface area contributed by atoms with Gasteiger partial charge in [-0.3, -0.25) is 9.69 Å². The van der Waals surface area contributed by atoms with Crippen LogP contribution in [0.4, 0.5) is 5.82 Å². The lowest BCUT2D eigenvalue weighted by molar-refractivity contribution is -0.117. The van der Waals surface area contributed by atoms with E-state index in [0.717, 1.165) is 5.69 Å². The molecular formula is C13H19N3O3S. The van der Waals surface area contributed by atoms with Gasteiger partial charge >= 0.3 is 0 Å². The van der Waals surface area contributed by atoms with Gasteiger partial charge in [0.25, 0.3) is 0 Å². The van der Waals surface area contributed by atoms with Gasteiger partial charge in [-0.05, 0) is 32.5 Å². The zero-order chi connectivity index (χ0) is 14.8. The molecule has 1 aromatic rings. The molecule has 0 unspecified atom stereocenters. The summed E-state index contributed by atoms with van der Waals surface area (Å²) in [4.78, 5) is 17.9. The number of hydrogen-bond acceptors (Lipinski definition) is 5. The largest absolute Gasteiger partial charge is 0.310 e. The Balaban J connectivity index is 1.88. The molecule has 110 valence electrons. The summed E-state index contributed by atoms with van der Waals surface area (Å²) in [6, 6.07) is 5.33. The minimum absolute atomic E-state index is 0.0729. The Bertz CT molecular complexity index is 601. The van der Waals surface area contributed by atoms with E-state index in [0.29, 0.717) is 12.2 Å². The van der Waals surface area contributed by atoms with E-state index < -0.39 is 9.84 Å². The van der Waals surface area contributed by atoms with Gasteiger partial charge in [-0.15, -0.1) is 0 Å². The van der Waals surface area contributed by atoms with E-state index >= 15 is 0 Å². The molecule has 1 aromatic heterocycles. The fourth-order valence-corrected chi connectivity index (χ4v) is 4.08. The average Bonchev–Trinajstić information content (AvgIpc) is 2.69. The van der Waals surface area contributed by atoms with Crippen molar-refractivity contribution in [1.29, 1.82) is 0 Å². The van der Waals surface area contributed by atoms with Crippen molar-refractivity contribution in [2.45, 2.75) is 19.4 Å². The van der Waals surface area contributed by atoms with Gasteiger partial charge in [0.15, 0.2) is 9.84 Å². The molecule has 1 saturated heterocycles. The van der Waals surface area contributed by atoms with Gasteiger partial charge in [0, 0.05) is 11.7 Å². The van der Waals surface area contributed by atoms with Crippen LogP contribution in [0, 0.1) is 6.92 Å². The molecular weight excluding hydrogens is 278 g/mol. The van der Waals surface area contributed by atoms with Gasteiger partial charge in [0.1, 0.15) is 5.82 Å². The zero-order valence-corrected chi connectivity index (χ0v) is 12.5. The topological polar surface area (TPSA) is 79.4 Å². The number of nitrogens with zero attached hydrogens (tertiary/aromatic N) is 2. The normalized spacial score (nSPS) is 21.1. The molecule has 2 heterocycles. The van der Waals surface area contributed by atoms with Crippen LogP contribution in [0.5, 0.6) is 0 Å². The first-order chi connectivity index (χ1) is 9.35. The van der Waals surface area contributed by atoms with Gasteiger partial charge < -0.3 is 5.32 Å². The molecule has 0 aliphatic carbocycles. The molecule has 2 rings (SSSR count). The molecule has 6 nitrogen and oxygen atoms in total. The Morgan fingerprint density at radius 3 is 2.85 bits per heavy atom. The third-order valence-corrected chi connectivity index (χ3v) is 5.13. The van der Waals surface area contributed by atoms with Gasteiger partial charge in [-0.25, -0.2) is 13.4 Å². The van der Waals surface area contributed by atoms with Crippen LogP contribution in [0.25, 0.3) is 0 Å². The molecule has 20 heavy (non-hydrogen) atoms. The fourth-order valence-electron chi connectivity index (χ4n) is 2.27. The van der Waals surface area contributed by atoms with Crippen molar-refractivity contribution in [3.05, 3.63) is 23.9 Å². The number of anilines is 1. The van der Waals surface area contributed by atoms with Crippen molar-refractivity contribution >= 4 is 21.6 Å². The minimum atomic E-state index is -2.93. The van der Waals surface area contributed by atoms with Crippen LogP contribution in [0.2, 0.25) is 0 Å². The molecule has 0 spiro atoms. The van der Waals surface area contributed by atoms with Crippen molar-refractivity contribution in [3.8, 4) is 0 Å². The second-order valence-corrected chi connectivity index (χ2v) is 7.41. The Morgan fingerprint density at radius 1 is 1.50 bits per heavy atom. The quantitative estimate of drug-likeness (QED) is 0.873. The summed E-state index contributed by atoms with van der Waals surface area (Å²) >= 11 is 0. The number of nitrogens with one attached hydrogen (secondary N) is 1. The van der Waals surface area contributed by atoms with E-state index in [1.807, 2.05) is 19.1 Å². The van der Waals surface area contributed by atoms with Crippen LogP contribution in [0.1, 0.15) is 12.1 Å². The van der Waals surface area contributed by atoms with Crippen LogP contribution < -0.4 is 5.32 Å². The van der Waals surface area contributed by atoms with Crippen LogP contribution in [0.3, 0.4) is 0 Å². The fraction of sp³-hybridized carbons (Fsp3) is 0.538. The van der Waals surface area contributed by atoms with Gasteiger partial charge in [-0.1, -0.05) is 6.07 Å². The summed E-state index contributed by atoms with van der Waals surface area (Å²) in [5.74, 6) is 0.681. The maximum Gasteiger partial charge on any atom is 0.239 e. The summed E-state index contributed by atoms with van der Waals surface area (Å²) in [5.41, 5.74) is 0.832. The number of pyridine rings is 1. The first-order valence-electron chi connectivity index (χ1n) is 6.50. The summed E-state index contributed by atoms with van der Waals surface area (Å²) in [7, 11) is -1.15. The number of rotatable bonds is 4. The number of carbonyl (C=O) groups is 1. The number of aromatic nitrogens is 1. The Kier molecular flexibility index (Phi) is 4.39. The highest BCUT2D eigenvalue weighted by atomic mass is 32.2. The molecule has 1 aliphatic heterocycles. The number of carbonyl (C=O) groups excluding carboxylic acids is 1. The molecule has 0 bridgehead atoms. The van der Waals surface area contributed by atoms with E-state index in [9.17, 15) is 13.2 Å². The number of hydrogen-bond donors (Lipinski definition) is 1. The lowest BCUT2D eigenvalue weighted by atomic mass is 10.2. The lowest BCUT2D eigenvalue weighted by Crippen LogP contribution is -2.38. The number of sulfone groups is 1. The summed E-state index contributed by atoms with van der Waals surface area (Å²) in [5, 5.41) is 2.72. The third-order valence-electron chi connectivity index (χ3n) is 3.38. The minimum Gasteiger partial charge on any atom is -0.310 e. The van der Waals surface area contributed by atoms with Crippen LogP contribution >= 0.6 is 0 Å². The van der Waals surface area contributed by atoms with E-state index in [4.69, 9.17) is 0 Å². The van der Waals surface area contributed by atoms with Crippen LogP contribution in [-0.2, 0) is 14.6 Å². The Labute approximate surface area is 119 Å². The highest BCUT2D eigenvalue weighted by Crippen LogP contribution is 2.16. The monoisotopic (exact) mass is 297 g/mol. The molecule has 1 aliphatic rings. The molecule has 7 heteroatoms. The maximum absolute atomic E-state index is 11.9. The van der Waals surface area contributed by atoms with Crippen LogP contribution in [0.15, 0.2) is 18.2 Å². The van der Waals surface area contributed by atoms with E-state index in [1.54, 1.807) is 18.0 Å². The summed E-state index contributed by atoms with van der Waals surface area (Å²) in [6.45, 7) is 2.01. The van der Waals surface area contributed by atoms with Crippen LogP contribution in [-0.4, -0.2) is 55.3 Å². The number of amides is 1. The molecule has 1 N–H and O–H groups in total. The standard InChI is InChI=1S/C13H19N3O3S/c1-10-4-3-5-12(14-10)15-13(17)8-16(2)11-6-7-20(18,19)9-11/h3-5,11H,6-9H2,1-2H3,(H,14,15,17)/t11-/m0/s1. The predicted octanol–water partition coefficient (Wildman–Crippen LogP) is 0.447. The molecule has 0 radical (unpaired) electrons. The Hall–Kier alpha value is -1.47. The van der Waals surface area contributed by atoms with Gasteiger partial charge in [0.05, 0.1) is 18.1 Å². The van der Waals surface area contributed by atoms with Gasteiger partial charge in [0.2, 0.25) is 5.91 Å². The van der Waals surface area contributed by atoms with E-state index in [2.05, 4.69) is 10.3 Å². The van der Waals surface area contributed by atoms with Crippen molar-refractivity contribution in [2.24, 2.45) is 0 Å². The number of aryl methyl sites for hydroxylation is 1. The van der Waals surface area contributed by atoms with Crippen molar-refractivity contribution in [1.82, 2.24) is 9.88 Å². The average molecular weight is 297 g/mol. The third kappa shape index (κ3) is 4.01. The zero-order valence-electron chi connectivity index (χ0n) is 11.7. The highest BCUT2D eigenvalue weighted by Gasteiger charge is 2.31. The Morgan fingerprint density at radius 2 is 2.25 bits per heavy atom.